The van der Waals surface area contributed by atoms with Gasteiger partial charge in [0.15, 0.2) is 0 Å². The Balaban J connectivity index is 0. The molecule has 8 heteroatoms. The summed E-state index contributed by atoms with van der Waals surface area (Å²) in [6.07, 6.45) is -0.810. The molecule has 0 aromatic rings. The molecule has 0 aliphatic rings. The van der Waals surface area contributed by atoms with Crippen molar-refractivity contribution in [3.05, 3.63) is 0 Å². The van der Waals surface area contributed by atoms with Crippen molar-refractivity contribution in [2.45, 2.75) is 19.7 Å². The number of rotatable bonds is 5. The molecule has 13 heavy (non-hydrogen) atoms. The standard InChI is InChI=1S/C5H11BF3O2S.K/c1-2-4-12(10,11)5-3-6(7,8)9;/h2-5H2,1H3;/q-1;+1. The van der Waals surface area contributed by atoms with Gasteiger partial charge in [-0.25, -0.2) is 8.42 Å². The molecule has 0 heterocycles. The van der Waals surface area contributed by atoms with Crippen LogP contribution in [0.4, 0.5) is 12.9 Å². The Morgan fingerprint density at radius 1 is 1.15 bits per heavy atom. The minimum absolute atomic E-state index is 0. The molecule has 0 N–H and O–H groups in total. The summed E-state index contributed by atoms with van der Waals surface area (Å²) >= 11 is 0. The Labute approximate surface area is 119 Å². The van der Waals surface area contributed by atoms with E-state index in [1.165, 1.54) is 0 Å². The summed E-state index contributed by atoms with van der Waals surface area (Å²) in [4.78, 5) is 0. The molecule has 74 valence electrons. The van der Waals surface area contributed by atoms with E-state index in [4.69, 9.17) is 0 Å². The van der Waals surface area contributed by atoms with Crippen LogP contribution in [-0.2, 0) is 9.84 Å². The molecule has 0 aromatic heterocycles. The topological polar surface area (TPSA) is 34.1 Å². The van der Waals surface area contributed by atoms with E-state index in [1.807, 2.05) is 0 Å². The summed E-state index contributed by atoms with van der Waals surface area (Å²) in [5, 5.41) is 0. The van der Waals surface area contributed by atoms with Gasteiger partial charge in [0.25, 0.3) is 0 Å². The molecule has 2 nitrogen and oxygen atoms in total. The Kier molecular flexibility index (Phi) is 8.87. The molecule has 0 amide bonds. The van der Waals surface area contributed by atoms with Crippen LogP contribution in [0.3, 0.4) is 0 Å². The summed E-state index contributed by atoms with van der Waals surface area (Å²) < 4.78 is 56.4. The number of halogens is 3. The molecule has 0 aromatic carbocycles. The van der Waals surface area contributed by atoms with Crippen molar-refractivity contribution in [3.63, 3.8) is 0 Å². The van der Waals surface area contributed by atoms with E-state index in [0.717, 1.165) is 0 Å². The van der Waals surface area contributed by atoms with E-state index < -0.39 is 28.9 Å². The van der Waals surface area contributed by atoms with Crippen molar-refractivity contribution < 1.29 is 72.7 Å². The Morgan fingerprint density at radius 2 is 1.62 bits per heavy atom. The van der Waals surface area contributed by atoms with Crippen molar-refractivity contribution in [1.82, 2.24) is 0 Å². The summed E-state index contributed by atoms with van der Waals surface area (Å²) in [6.45, 7) is -3.34. The maximum absolute atomic E-state index is 11.6. The maximum Gasteiger partial charge on any atom is 1.00 e. The van der Waals surface area contributed by atoms with Crippen molar-refractivity contribution in [1.29, 1.82) is 0 Å². The molecule has 0 fully saturated rings. The minimum Gasteiger partial charge on any atom is -0.449 e. The Hall–Kier alpha value is 1.44. The SMILES string of the molecule is CCCS(=O)(=O)CC[B-](F)(F)F.[K+]. The fourth-order valence-electron chi connectivity index (χ4n) is 0.726. The van der Waals surface area contributed by atoms with Gasteiger partial charge in [-0.2, -0.15) is 0 Å². The van der Waals surface area contributed by atoms with Crippen LogP contribution < -0.4 is 51.4 Å². The van der Waals surface area contributed by atoms with Crippen LogP contribution in [0.2, 0.25) is 6.32 Å². The quantitative estimate of drug-likeness (QED) is 0.559. The zero-order chi connectivity index (χ0) is 9.83. The molecule has 0 atom stereocenters. The first-order valence-electron chi connectivity index (χ1n) is 3.68. The van der Waals surface area contributed by atoms with Crippen LogP contribution in [0, 0.1) is 0 Å². The van der Waals surface area contributed by atoms with E-state index >= 15 is 0 Å². The number of sulfone groups is 1. The van der Waals surface area contributed by atoms with Gasteiger partial charge in [0.1, 0.15) is 9.84 Å². The normalized spacial score (nSPS) is 12.3. The smallest absolute Gasteiger partial charge is 0.449 e. The first kappa shape index (κ1) is 16.9. The summed E-state index contributed by atoms with van der Waals surface area (Å²) in [5.74, 6) is -0.913. The van der Waals surface area contributed by atoms with Gasteiger partial charge in [0, 0.05) is 11.5 Å². The first-order valence-corrected chi connectivity index (χ1v) is 5.50. The van der Waals surface area contributed by atoms with Gasteiger partial charge < -0.3 is 12.9 Å². The largest absolute Gasteiger partial charge is 1.00 e. The Morgan fingerprint density at radius 3 is 1.92 bits per heavy atom. The number of hydrogen-bond donors (Lipinski definition) is 0. The molecule has 0 saturated heterocycles. The van der Waals surface area contributed by atoms with Crippen LogP contribution in [0.1, 0.15) is 13.3 Å². The molecule has 0 aliphatic carbocycles. The molecule has 0 saturated carbocycles. The second kappa shape index (κ2) is 6.84. The number of hydrogen-bond acceptors (Lipinski definition) is 2. The van der Waals surface area contributed by atoms with E-state index in [2.05, 4.69) is 0 Å². The van der Waals surface area contributed by atoms with Crippen LogP contribution in [0.15, 0.2) is 0 Å². The van der Waals surface area contributed by atoms with Gasteiger partial charge in [-0.05, 0) is 6.42 Å². The van der Waals surface area contributed by atoms with E-state index in [1.54, 1.807) is 6.92 Å². The van der Waals surface area contributed by atoms with Crippen molar-refractivity contribution in [2.75, 3.05) is 11.5 Å². The molecule has 0 aliphatic heterocycles. The van der Waals surface area contributed by atoms with E-state index in [-0.39, 0.29) is 57.1 Å². The van der Waals surface area contributed by atoms with Crippen LogP contribution in [-0.4, -0.2) is 26.9 Å². The third-order valence-corrected chi connectivity index (χ3v) is 3.16. The first-order chi connectivity index (χ1) is 5.27. The maximum atomic E-state index is 11.6. The van der Waals surface area contributed by atoms with Crippen molar-refractivity contribution in [2.24, 2.45) is 0 Å². The van der Waals surface area contributed by atoms with Crippen molar-refractivity contribution in [3.8, 4) is 0 Å². The van der Waals surface area contributed by atoms with Gasteiger partial charge in [-0.1, -0.05) is 13.2 Å². The van der Waals surface area contributed by atoms with Gasteiger partial charge >= 0.3 is 58.4 Å². The fourth-order valence-corrected chi connectivity index (χ4v) is 2.18. The zero-order valence-corrected chi connectivity index (χ0v) is 11.7. The molecular weight excluding hydrogens is 231 g/mol. The van der Waals surface area contributed by atoms with E-state index in [9.17, 15) is 21.4 Å². The van der Waals surface area contributed by atoms with E-state index in [0.29, 0.717) is 6.42 Å². The third-order valence-electron chi connectivity index (χ3n) is 1.27. The summed E-state index contributed by atoms with van der Waals surface area (Å²) in [7, 11) is -3.47. The summed E-state index contributed by atoms with van der Waals surface area (Å²) in [6, 6.07) is 0. The van der Waals surface area contributed by atoms with Crippen LogP contribution >= 0.6 is 0 Å². The van der Waals surface area contributed by atoms with Crippen LogP contribution in [0.5, 0.6) is 0 Å². The van der Waals surface area contributed by atoms with Gasteiger partial charge in [0.05, 0.1) is 0 Å². The average molecular weight is 242 g/mol. The monoisotopic (exact) mass is 242 g/mol. The molecular formula is C5H11BF3KO2S. The predicted octanol–water partition coefficient (Wildman–Crippen LogP) is -1.34. The molecule has 0 bridgehead atoms. The minimum atomic E-state index is -4.96. The fraction of sp³-hybridized carbons (Fsp3) is 1.00. The molecule has 0 spiro atoms. The third kappa shape index (κ3) is 11.4. The van der Waals surface area contributed by atoms with Crippen molar-refractivity contribution >= 4 is 16.8 Å². The second-order valence-corrected chi connectivity index (χ2v) is 4.95. The Bertz CT molecular complexity index is 226. The molecule has 0 unspecified atom stereocenters. The van der Waals surface area contributed by atoms with Gasteiger partial charge in [-0.3, -0.25) is 0 Å². The van der Waals surface area contributed by atoms with Gasteiger partial charge in [0.2, 0.25) is 0 Å². The average Bonchev–Trinajstić information content (AvgIpc) is 1.83. The summed E-state index contributed by atoms with van der Waals surface area (Å²) in [5.41, 5.74) is 0. The molecule has 0 rings (SSSR count). The second-order valence-electron chi connectivity index (χ2n) is 2.65. The molecule has 0 radical (unpaired) electrons. The van der Waals surface area contributed by atoms with Gasteiger partial charge in [-0.15, -0.1) is 0 Å². The zero-order valence-electron chi connectivity index (χ0n) is 7.76. The predicted molar refractivity (Wildman–Crippen MR) is 42.8 cm³/mol. The van der Waals surface area contributed by atoms with Crippen LogP contribution in [0.25, 0.3) is 0 Å².